The fraction of sp³-hybridized carbons (Fsp3) is 0.833. The largest absolute Gasteiger partial charge is 0.391 e. The Morgan fingerprint density at radius 3 is 2.45 bits per heavy atom. The molecule has 0 aromatic rings. The number of hydrogen-bond donors (Lipinski definition) is 3. The van der Waals surface area contributed by atoms with Crippen LogP contribution < -0.4 is 11.5 Å². The van der Waals surface area contributed by atoms with Crippen molar-refractivity contribution in [2.24, 2.45) is 16.5 Å². The van der Waals surface area contributed by atoms with Gasteiger partial charge in [-0.25, -0.2) is 4.99 Å². The van der Waals surface area contributed by atoms with Gasteiger partial charge in [0.1, 0.15) is 6.23 Å². The van der Waals surface area contributed by atoms with Crippen LogP contribution in [0.1, 0.15) is 13.8 Å². The zero-order valence-corrected chi connectivity index (χ0v) is 6.82. The third kappa shape index (κ3) is 7.08. The van der Waals surface area contributed by atoms with E-state index in [1.165, 1.54) is 0 Å². The van der Waals surface area contributed by atoms with Gasteiger partial charge in [-0.05, 0) is 13.8 Å². The number of ether oxygens (including phenoxy) is 1. The molecule has 0 heterocycles. The van der Waals surface area contributed by atoms with E-state index in [1.54, 1.807) is 13.8 Å². The molecule has 5 heteroatoms. The van der Waals surface area contributed by atoms with Crippen molar-refractivity contribution < 1.29 is 9.84 Å². The highest BCUT2D eigenvalue weighted by molar-refractivity contribution is 5.75. The van der Waals surface area contributed by atoms with Crippen molar-refractivity contribution in [3.63, 3.8) is 0 Å². The van der Waals surface area contributed by atoms with Crippen LogP contribution in [0.25, 0.3) is 0 Å². The first kappa shape index (κ1) is 10.2. The predicted molar refractivity (Wildman–Crippen MR) is 42.9 cm³/mol. The second-order valence-electron chi connectivity index (χ2n) is 2.34. The summed E-state index contributed by atoms with van der Waals surface area (Å²) in [5.41, 5.74) is 10.2. The molecule has 0 bridgehead atoms. The molecule has 0 aromatic heterocycles. The molecular formula is C6H15N3O2. The lowest BCUT2D eigenvalue weighted by Gasteiger charge is -2.09. The fourth-order valence-electron chi connectivity index (χ4n) is 0.526. The zero-order valence-electron chi connectivity index (χ0n) is 6.82. The molecule has 0 aliphatic rings. The molecule has 11 heavy (non-hydrogen) atoms. The summed E-state index contributed by atoms with van der Waals surface area (Å²) in [6, 6.07) is 0. The quantitative estimate of drug-likeness (QED) is 0.364. The number of aliphatic imine (C=N–C) groups is 1. The van der Waals surface area contributed by atoms with Crippen LogP contribution in [0.3, 0.4) is 0 Å². The Kier molecular flexibility index (Phi) is 4.56. The van der Waals surface area contributed by atoms with Gasteiger partial charge < -0.3 is 21.3 Å². The van der Waals surface area contributed by atoms with E-state index >= 15 is 0 Å². The van der Waals surface area contributed by atoms with Gasteiger partial charge >= 0.3 is 0 Å². The molecule has 0 saturated carbocycles. The van der Waals surface area contributed by atoms with Crippen LogP contribution in [-0.4, -0.2) is 30.0 Å². The first-order chi connectivity index (χ1) is 5.02. The van der Waals surface area contributed by atoms with Crippen LogP contribution in [0.2, 0.25) is 0 Å². The summed E-state index contributed by atoms with van der Waals surface area (Å²) >= 11 is 0. The molecule has 0 aromatic carbocycles. The molecule has 0 aliphatic carbocycles. The van der Waals surface area contributed by atoms with E-state index in [0.717, 1.165) is 0 Å². The minimum absolute atomic E-state index is 0.0110. The van der Waals surface area contributed by atoms with Gasteiger partial charge in [-0.15, -0.1) is 0 Å². The third-order valence-corrected chi connectivity index (χ3v) is 0.910. The second kappa shape index (κ2) is 4.92. The number of nitrogens with two attached hydrogens (primary N) is 2. The highest BCUT2D eigenvalue weighted by atomic mass is 16.5. The Balaban J connectivity index is 3.53. The maximum atomic E-state index is 8.80. The zero-order chi connectivity index (χ0) is 8.85. The minimum Gasteiger partial charge on any atom is -0.391 e. The summed E-state index contributed by atoms with van der Waals surface area (Å²) in [6.07, 6.45) is -0.888. The van der Waals surface area contributed by atoms with E-state index in [-0.39, 0.29) is 12.6 Å². The van der Waals surface area contributed by atoms with E-state index in [4.69, 9.17) is 21.3 Å². The van der Waals surface area contributed by atoms with E-state index in [0.29, 0.717) is 0 Å². The second-order valence-corrected chi connectivity index (χ2v) is 2.34. The number of hydrogen-bond acceptors (Lipinski definition) is 3. The highest BCUT2D eigenvalue weighted by Gasteiger charge is 2.01. The summed E-state index contributed by atoms with van der Waals surface area (Å²) in [7, 11) is 0. The van der Waals surface area contributed by atoms with Gasteiger partial charge in [0.05, 0.1) is 12.7 Å². The monoisotopic (exact) mass is 161 g/mol. The van der Waals surface area contributed by atoms with Crippen molar-refractivity contribution in [2.75, 3.05) is 6.61 Å². The van der Waals surface area contributed by atoms with E-state index < -0.39 is 12.3 Å². The molecule has 0 amide bonds. The van der Waals surface area contributed by atoms with Gasteiger partial charge in [-0.3, -0.25) is 0 Å². The van der Waals surface area contributed by atoms with Crippen LogP contribution in [0.4, 0.5) is 0 Å². The Morgan fingerprint density at radius 1 is 1.55 bits per heavy atom. The van der Waals surface area contributed by atoms with Gasteiger partial charge in [0, 0.05) is 0 Å². The smallest absolute Gasteiger partial charge is 0.188 e. The lowest BCUT2D eigenvalue weighted by atomic mass is 10.4. The van der Waals surface area contributed by atoms with Crippen LogP contribution in [0, 0.1) is 0 Å². The van der Waals surface area contributed by atoms with Crippen LogP contribution in [0.5, 0.6) is 0 Å². The van der Waals surface area contributed by atoms with E-state index in [9.17, 15) is 0 Å². The topological polar surface area (TPSA) is 93.9 Å². The first-order valence-corrected chi connectivity index (χ1v) is 3.40. The SMILES string of the molecule is CC(O)COC(C)N=C(N)N. The van der Waals surface area contributed by atoms with Crippen LogP contribution in [0.15, 0.2) is 4.99 Å². The number of nitrogens with zero attached hydrogens (tertiary/aromatic N) is 1. The molecule has 0 aliphatic heterocycles. The summed E-state index contributed by atoms with van der Waals surface area (Å²) in [4.78, 5) is 3.69. The summed E-state index contributed by atoms with van der Waals surface area (Å²) in [6.45, 7) is 3.56. The number of rotatable bonds is 4. The van der Waals surface area contributed by atoms with Crippen molar-refractivity contribution in [3.8, 4) is 0 Å². The standard InChI is InChI=1S/C6H15N3O2/c1-4(10)3-11-5(2)9-6(7)8/h4-5,10H,3H2,1-2H3,(H4,7,8,9). The Labute approximate surface area is 66.0 Å². The molecule has 0 rings (SSSR count). The maximum absolute atomic E-state index is 8.80. The molecule has 2 atom stereocenters. The van der Waals surface area contributed by atoms with Crippen molar-refractivity contribution >= 4 is 5.96 Å². The minimum atomic E-state index is -0.494. The van der Waals surface area contributed by atoms with Gasteiger partial charge in [-0.2, -0.15) is 0 Å². The molecule has 5 N–H and O–H groups in total. The number of aliphatic hydroxyl groups excluding tert-OH is 1. The fourth-order valence-corrected chi connectivity index (χ4v) is 0.526. The lowest BCUT2D eigenvalue weighted by molar-refractivity contribution is 0.00935. The molecule has 0 spiro atoms. The van der Waals surface area contributed by atoms with Gasteiger partial charge in [0.25, 0.3) is 0 Å². The Hall–Kier alpha value is -0.810. The van der Waals surface area contributed by atoms with E-state index in [1.807, 2.05) is 0 Å². The van der Waals surface area contributed by atoms with Crippen molar-refractivity contribution in [2.45, 2.75) is 26.2 Å². The van der Waals surface area contributed by atoms with Gasteiger partial charge in [0.15, 0.2) is 5.96 Å². The average molecular weight is 161 g/mol. The van der Waals surface area contributed by atoms with Crippen LogP contribution >= 0.6 is 0 Å². The Morgan fingerprint density at radius 2 is 2.09 bits per heavy atom. The van der Waals surface area contributed by atoms with E-state index in [2.05, 4.69) is 4.99 Å². The lowest BCUT2D eigenvalue weighted by Crippen LogP contribution is -2.26. The molecule has 5 nitrogen and oxygen atoms in total. The normalized spacial score (nSPS) is 15.5. The highest BCUT2D eigenvalue weighted by Crippen LogP contribution is 1.93. The Bertz CT molecular complexity index is 132. The molecule has 66 valence electrons. The van der Waals surface area contributed by atoms with Gasteiger partial charge in [-0.1, -0.05) is 0 Å². The summed E-state index contributed by atoms with van der Waals surface area (Å²) in [5, 5.41) is 8.80. The van der Waals surface area contributed by atoms with Crippen LogP contribution in [-0.2, 0) is 4.74 Å². The summed E-state index contributed by atoms with van der Waals surface area (Å²) < 4.78 is 5.02. The van der Waals surface area contributed by atoms with Crippen molar-refractivity contribution in [1.29, 1.82) is 0 Å². The van der Waals surface area contributed by atoms with Gasteiger partial charge in [0.2, 0.25) is 0 Å². The van der Waals surface area contributed by atoms with Crippen molar-refractivity contribution in [3.05, 3.63) is 0 Å². The third-order valence-electron chi connectivity index (χ3n) is 0.910. The number of aliphatic hydroxyl groups is 1. The number of guanidine groups is 1. The average Bonchev–Trinajstić information content (AvgIpc) is 1.82. The molecule has 0 radical (unpaired) electrons. The predicted octanol–water partition coefficient (Wildman–Crippen LogP) is -0.997. The molecule has 0 saturated heterocycles. The molecular weight excluding hydrogens is 146 g/mol. The summed E-state index contributed by atoms with van der Waals surface area (Å²) in [5.74, 6) is -0.0110. The maximum Gasteiger partial charge on any atom is 0.188 e. The van der Waals surface area contributed by atoms with Crippen molar-refractivity contribution in [1.82, 2.24) is 0 Å². The molecule has 2 unspecified atom stereocenters. The first-order valence-electron chi connectivity index (χ1n) is 3.40. The molecule has 0 fully saturated rings.